The van der Waals surface area contributed by atoms with Crippen LogP contribution in [-0.4, -0.2) is 37.2 Å². The topological polar surface area (TPSA) is 78.9 Å². The fourth-order valence-electron chi connectivity index (χ4n) is 8.87. The molecule has 0 heterocycles. The molecule has 78 heavy (non-hydrogen) atoms. The van der Waals surface area contributed by atoms with Gasteiger partial charge in [0.05, 0.1) is 0 Å². The maximum Gasteiger partial charge on any atom is 0.306 e. The average molecular weight is 1080 g/mol. The summed E-state index contributed by atoms with van der Waals surface area (Å²) in [4.78, 5) is 38.4. The van der Waals surface area contributed by atoms with Gasteiger partial charge in [0.25, 0.3) is 0 Å². The zero-order valence-corrected chi connectivity index (χ0v) is 50.9. The second-order valence-electron chi connectivity index (χ2n) is 21.3. The standard InChI is InChI=1S/C72H120O6/c1-4-7-10-13-16-19-22-25-28-31-33-34-35-36-37-38-40-41-44-47-50-53-56-59-62-65-71(74)77-68-69(67-76-70(73)64-61-58-55-52-49-46-43-30-27-24-21-18-15-12-9-6-3)78-72(75)66-63-60-57-54-51-48-45-42-39-32-29-26-23-20-17-14-11-8-5-2/h7-8,10-11,16-17,19-20,25-26,28-30,33-34,36-37,39,42-43,69H,4-6,9,12-15,18,21-24,27,31-32,35,38,40-41,44-68H2,1-3H3/b10-7-,11-8-,19-16-,20-17-,28-25-,29-26-,34-33-,37-36-,42-39-,43-30-. The fraction of sp³-hybridized carbons (Fsp3) is 0.681. The van der Waals surface area contributed by atoms with Crippen molar-refractivity contribution in [3.05, 3.63) is 122 Å². The van der Waals surface area contributed by atoms with Crippen LogP contribution in [0.2, 0.25) is 0 Å². The van der Waals surface area contributed by atoms with E-state index >= 15 is 0 Å². The Bertz CT molecular complexity index is 1620. The largest absolute Gasteiger partial charge is 0.462 e. The molecule has 0 aromatic carbocycles. The predicted molar refractivity (Wildman–Crippen MR) is 339 cm³/mol. The monoisotopic (exact) mass is 1080 g/mol. The van der Waals surface area contributed by atoms with Crippen LogP contribution in [0, 0.1) is 0 Å². The Hall–Kier alpha value is -4.19. The molecule has 6 nitrogen and oxygen atoms in total. The molecule has 0 spiro atoms. The van der Waals surface area contributed by atoms with Gasteiger partial charge in [-0.1, -0.05) is 271 Å². The highest BCUT2D eigenvalue weighted by atomic mass is 16.6. The highest BCUT2D eigenvalue weighted by Gasteiger charge is 2.19. The molecule has 0 aromatic rings. The number of carbonyl (C=O) groups excluding carboxylic acids is 3. The Morgan fingerprint density at radius 2 is 0.500 bits per heavy atom. The smallest absolute Gasteiger partial charge is 0.306 e. The summed E-state index contributed by atoms with van der Waals surface area (Å²) >= 11 is 0. The first-order valence-corrected chi connectivity index (χ1v) is 32.5. The molecule has 0 N–H and O–H groups in total. The number of ether oxygens (including phenoxy) is 3. The lowest BCUT2D eigenvalue weighted by atomic mass is 10.1. The van der Waals surface area contributed by atoms with Crippen LogP contribution in [0.4, 0.5) is 0 Å². The van der Waals surface area contributed by atoms with Crippen molar-refractivity contribution in [1.29, 1.82) is 0 Å². The van der Waals surface area contributed by atoms with Crippen molar-refractivity contribution in [1.82, 2.24) is 0 Å². The molecule has 0 saturated heterocycles. The maximum absolute atomic E-state index is 12.9. The first-order valence-electron chi connectivity index (χ1n) is 32.5. The Kier molecular flexibility index (Phi) is 61.8. The van der Waals surface area contributed by atoms with Gasteiger partial charge in [0.1, 0.15) is 13.2 Å². The number of allylic oxidation sites excluding steroid dienone is 20. The van der Waals surface area contributed by atoms with Crippen molar-refractivity contribution in [2.24, 2.45) is 0 Å². The van der Waals surface area contributed by atoms with Gasteiger partial charge in [-0.2, -0.15) is 0 Å². The lowest BCUT2D eigenvalue weighted by Gasteiger charge is -2.18. The van der Waals surface area contributed by atoms with Crippen LogP contribution in [0.3, 0.4) is 0 Å². The molecule has 0 aliphatic rings. The van der Waals surface area contributed by atoms with Crippen LogP contribution >= 0.6 is 0 Å². The summed E-state index contributed by atoms with van der Waals surface area (Å²) < 4.78 is 16.9. The van der Waals surface area contributed by atoms with Crippen molar-refractivity contribution in [3.8, 4) is 0 Å². The third kappa shape index (κ3) is 62.7. The molecular weight excluding hydrogens is 961 g/mol. The second-order valence-corrected chi connectivity index (χ2v) is 21.3. The molecule has 0 radical (unpaired) electrons. The van der Waals surface area contributed by atoms with Crippen LogP contribution < -0.4 is 0 Å². The quantitative estimate of drug-likeness (QED) is 0.0261. The Morgan fingerprint density at radius 3 is 0.795 bits per heavy atom. The minimum atomic E-state index is -0.797. The van der Waals surface area contributed by atoms with E-state index in [2.05, 4.69) is 142 Å². The van der Waals surface area contributed by atoms with E-state index in [-0.39, 0.29) is 31.1 Å². The third-order valence-corrected chi connectivity index (χ3v) is 13.7. The Balaban J connectivity index is 4.41. The summed E-state index contributed by atoms with van der Waals surface area (Å²) in [7, 11) is 0. The minimum Gasteiger partial charge on any atom is -0.462 e. The van der Waals surface area contributed by atoms with Gasteiger partial charge >= 0.3 is 17.9 Å². The Labute approximate surface area is 482 Å². The number of carbonyl (C=O) groups is 3. The zero-order valence-electron chi connectivity index (χ0n) is 50.9. The van der Waals surface area contributed by atoms with Gasteiger partial charge in [0, 0.05) is 19.3 Å². The van der Waals surface area contributed by atoms with E-state index < -0.39 is 6.10 Å². The summed E-state index contributed by atoms with van der Waals surface area (Å²) in [6, 6.07) is 0. The summed E-state index contributed by atoms with van der Waals surface area (Å²) in [5, 5.41) is 0. The molecule has 444 valence electrons. The molecule has 6 heteroatoms. The molecule has 1 atom stereocenters. The van der Waals surface area contributed by atoms with Gasteiger partial charge in [0.15, 0.2) is 6.10 Å². The van der Waals surface area contributed by atoms with Crippen LogP contribution in [0.5, 0.6) is 0 Å². The summed E-state index contributed by atoms with van der Waals surface area (Å²) in [5.74, 6) is -0.913. The molecule has 0 rings (SSSR count). The zero-order chi connectivity index (χ0) is 56.4. The van der Waals surface area contributed by atoms with Gasteiger partial charge in [-0.15, -0.1) is 0 Å². The summed E-state index contributed by atoms with van der Waals surface area (Å²) in [6.45, 7) is 6.41. The molecular formula is C72H120O6. The minimum absolute atomic E-state index is 0.0916. The van der Waals surface area contributed by atoms with Crippen molar-refractivity contribution in [2.75, 3.05) is 13.2 Å². The number of hydrogen-bond acceptors (Lipinski definition) is 6. The van der Waals surface area contributed by atoms with E-state index in [1.54, 1.807) is 0 Å². The number of esters is 3. The molecule has 1 unspecified atom stereocenters. The van der Waals surface area contributed by atoms with Crippen LogP contribution in [0.15, 0.2) is 122 Å². The molecule has 0 amide bonds. The van der Waals surface area contributed by atoms with E-state index in [1.807, 2.05) is 0 Å². The van der Waals surface area contributed by atoms with Gasteiger partial charge in [-0.3, -0.25) is 14.4 Å². The highest BCUT2D eigenvalue weighted by molar-refractivity contribution is 5.71. The van der Waals surface area contributed by atoms with E-state index in [0.29, 0.717) is 19.3 Å². The van der Waals surface area contributed by atoms with E-state index in [1.165, 1.54) is 116 Å². The van der Waals surface area contributed by atoms with Crippen molar-refractivity contribution >= 4 is 17.9 Å². The SMILES string of the molecule is CC/C=C\C/C=C\C/C=C\C/C=C\C/C=C\CCCCCCCCCCCC(=O)OCC(COC(=O)CCCCCCC/C=C\CCCCCCCCC)OC(=O)CCCCCCCC/C=C\C/C=C\C/C=C\C/C=C\CC. The van der Waals surface area contributed by atoms with E-state index in [9.17, 15) is 14.4 Å². The predicted octanol–water partition coefficient (Wildman–Crippen LogP) is 22.4. The van der Waals surface area contributed by atoms with Gasteiger partial charge in [-0.25, -0.2) is 0 Å². The van der Waals surface area contributed by atoms with Crippen LogP contribution in [-0.2, 0) is 28.6 Å². The lowest BCUT2D eigenvalue weighted by Crippen LogP contribution is -2.30. The van der Waals surface area contributed by atoms with Gasteiger partial charge < -0.3 is 14.2 Å². The fourth-order valence-corrected chi connectivity index (χ4v) is 8.87. The van der Waals surface area contributed by atoms with Crippen LogP contribution in [0.25, 0.3) is 0 Å². The number of hydrogen-bond donors (Lipinski definition) is 0. The highest BCUT2D eigenvalue weighted by Crippen LogP contribution is 2.15. The molecule has 0 aromatic heterocycles. The molecule has 0 saturated carbocycles. The first kappa shape index (κ1) is 73.8. The molecule has 0 fully saturated rings. The lowest BCUT2D eigenvalue weighted by molar-refractivity contribution is -0.167. The summed E-state index contributed by atoms with van der Waals surface area (Å²) in [5.41, 5.74) is 0. The van der Waals surface area contributed by atoms with Gasteiger partial charge in [0.2, 0.25) is 0 Å². The van der Waals surface area contributed by atoms with E-state index in [4.69, 9.17) is 14.2 Å². The number of rotatable bonds is 58. The first-order chi connectivity index (χ1) is 38.5. The van der Waals surface area contributed by atoms with Crippen molar-refractivity contribution < 1.29 is 28.6 Å². The molecule has 0 aliphatic heterocycles. The van der Waals surface area contributed by atoms with Gasteiger partial charge in [-0.05, 0) is 128 Å². The maximum atomic E-state index is 12.9. The van der Waals surface area contributed by atoms with Crippen LogP contribution in [0.1, 0.15) is 297 Å². The molecule has 0 aliphatic carbocycles. The van der Waals surface area contributed by atoms with Crippen molar-refractivity contribution in [3.63, 3.8) is 0 Å². The van der Waals surface area contributed by atoms with Crippen molar-refractivity contribution in [2.45, 2.75) is 303 Å². The second kappa shape index (κ2) is 65.3. The Morgan fingerprint density at radius 1 is 0.269 bits per heavy atom. The number of unbranched alkanes of at least 4 members (excludes halogenated alkanes) is 27. The summed E-state index contributed by atoms with van der Waals surface area (Å²) in [6.07, 6.45) is 90.5. The van der Waals surface area contributed by atoms with E-state index in [0.717, 1.165) is 141 Å². The average Bonchev–Trinajstić information content (AvgIpc) is 3.44. The third-order valence-electron chi connectivity index (χ3n) is 13.7. The normalized spacial score (nSPS) is 12.9. The molecule has 0 bridgehead atoms.